The average molecular weight is 234 g/mol. The molecule has 1 saturated carbocycles. The molecule has 1 aliphatic carbocycles. The molecule has 0 heterocycles. The Hall–Kier alpha value is -1.35. The van der Waals surface area contributed by atoms with Crippen molar-refractivity contribution in [2.45, 2.75) is 38.7 Å². The van der Waals surface area contributed by atoms with Gasteiger partial charge in [0.15, 0.2) is 0 Å². The van der Waals surface area contributed by atoms with Crippen molar-refractivity contribution < 1.29 is 15.0 Å². The Morgan fingerprint density at radius 1 is 1.12 bits per heavy atom. The molecule has 0 amide bonds. The highest BCUT2D eigenvalue weighted by Crippen LogP contribution is 2.41. The molecule has 0 atom stereocenters. The van der Waals surface area contributed by atoms with Crippen LogP contribution in [0.2, 0.25) is 0 Å². The second-order valence-electron chi connectivity index (χ2n) is 4.94. The molecule has 3 nitrogen and oxygen atoms in total. The van der Waals surface area contributed by atoms with Crippen molar-refractivity contribution in [1.82, 2.24) is 0 Å². The van der Waals surface area contributed by atoms with E-state index in [2.05, 4.69) is 0 Å². The highest BCUT2D eigenvalue weighted by Gasteiger charge is 2.41. The maximum absolute atomic E-state index is 11.4. The van der Waals surface area contributed by atoms with Gasteiger partial charge < -0.3 is 10.2 Å². The van der Waals surface area contributed by atoms with Gasteiger partial charge in [-0.2, -0.15) is 0 Å². The molecule has 0 aliphatic heterocycles. The molecule has 1 aromatic rings. The summed E-state index contributed by atoms with van der Waals surface area (Å²) in [7, 11) is 0. The van der Waals surface area contributed by atoms with Gasteiger partial charge in [-0.3, -0.25) is 4.79 Å². The number of carboxylic acid groups (broad SMARTS) is 1. The van der Waals surface area contributed by atoms with E-state index in [1.54, 1.807) is 0 Å². The number of aliphatic carboxylic acids is 1. The van der Waals surface area contributed by atoms with Crippen LogP contribution in [0.15, 0.2) is 24.3 Å². The number of carbonyl (C=O) groups is 1. The van der Waals surface area contributed by atoms with Gasteiger partial charge in [-0.25, -0.2) is 0 Å². The Balaban J connectivity index is 2.15. The first-order valence-electron chi connectivity index (χ1n) is 6.08. The summed E-state index contributed by atoms with van der Waals surface area (Å²) in [5.74, 6) is -0.666. The topological polar surface area (TPSA) is 57.5 Å². The fourth-order valence-corrected chi connectivity index (χ4v) is 2.67. The molecule has 0 aromatic heterocycles. The Morgan fingerprint density at radius 3 is 2.12 bits per heavy atom. The molecule has 1 fully saturated rings. The fourth-order valence-electron chi connectivity index (χ4n) is 2.67. The predicted octanol–water partition coefficient (Wildman–Crippen LogP) is 2.37. The van der Waals surface area contributed by atoms with Crippen LogP contribution in [0.25, 0.3) is 0 Å². The van der Waals surface area contributed by atoms with Crippen molar-refractivity contribution in [2.75, 3.05) is 0 Å². The van der Waals surface area contributed by atoms with E-state index in [9.17, 15) is 9.90 Å². The van der Waals surface area contributed by atoms with E-state index in [0.717, 1.165) is 36.8 Å². The first-order valence-corrected chi connectivity index (χ1v) is 6.08. The van der Waals surface area contributed by atoms with Gasteiger partial charge in [-0.05, 0) is 30.4 Å². The molecule has 0 radical (unpaired) electrons. The summed E-state index contributed by atoms with van der Waals surface area (Å²) in [6.45, 7) is 0.0321. The highest BCUT2D eigenvalue weighted by atomic mass is 16.4. The molecule has 2 rings (SSSR count). The summed E-state index contributed by atoms with van der Waals surface area (Å²) in [4.78, 5) is 11.4. The van der Waals surface area contributed by atoms with Gasteiger partial charge in [0.25, 0.3) is 0 Å². The van der Waals surface area contributed by atoms with Crippen LogP contribution in [0.4, 0.5) is 0 Å². The zero-order valence-electron chi connectivity index (χ0n) is 9.85. The zero-order valence-corrected chi connectivity index (χ0v) is 9.85. The van der Waals surface area contributed by atoms with Gasteiger partial charge in [0.05, 0.1) is 12.0 Å². The molecule has 0 spiro atoms. The van der Waals surface area contributed by atoms with Crippen LogP contribution in [-0.4, -0.2) is 16.2 Å². The lowest BCUT2D eigenvalue weighted by atomic mass is 9.80. The summed E-state index contributed by atoms with van der Waals surface area (Å²) in [5, 5.41) is 18.3. The van der Waals surface area contributed by atoms with Crippen LogP contribution >= 0.6 is 0 Å². The van der Waals surface area contributed by atoms with Gasteiger partial charge >= 0.3 is 5.97 Å². The van der Waals surface area contributed by atoms with Crippen LogP contribution in [0.3, 0.4) is 0 Å². The van der Waals surface area contributed by atoms with Gasteiger partial charge in [0, 0.05) is 0 Å². The number of benzene rings is 1. The fraction of sp³-hybridized carbons (Fsp3) is 0.500. The molecule has 1 aliphatic rings. The molecular formula is C14H18O3. The molecular weight excluding hydrogens is 216 g/mol. The lowest BCUT2D eigenvalue weighted by molar-refractivity contribution is -0.148. The third-order valence-electron chi connectivity index (χ3n) is 3.76. The van der Waals surface area contributed by atoms with E-state index in [1.807, 2.05) is 24.3 Å². The van der Waals surface area contributed by atoms with Crippen LogP contribution in [0.1, 0.15) is 36.8 Å². The van der Waals surface area contributed by atoms with Crippen molar-refractivity contribution in [3.8, 4) is 0 Å². The maximum atomic E-state index is 11.4. The summed E-state index contributed by atoms with van der Waals surface area (Å²) in [6.07, 6.45) is 4.20. The molecule has 0 unspecified atom stereocenters. The van der Waals surface area contributed by atoms with E-state index in [-0.39, 0.29) is 6.61 Å². The van der Waals surface area contributed by atoms with Crippen molar-refractivity contribution in [2.24, 2.45) is 5.41 Å². The molecule has 0 bridgehead atoms. The van der Waals surface area contributed by atoms with Gasteiger partial charge in [-0.1, -0.05) is 37.1 Å². The lowest BCUT2D eigenvalue weighted by Crippen LogP contribution is -2.30. The number of hydrogen-bond donors (Lipinski definition) is 2. The lowest BCUT2D eigenvalue weighted by Gasteiger charge is -2.23. The molecule has 1 aromatic carbocycles. The van der Waals surface area contributed by atoms with E-state index in [4.69, 9.17) is 5.11 Å². The summed E-state index contributed by atoms with van der Waals surface area (Å²) in [5.41, 5.74) is 1.36. The van der Waals surface area contributed by atoms with Crippen LogP contribution < -0.4 is 0 Å². The Morgan fingerprint density at radius 2 is 1.65 bits per heavy atom. The largest absolute Gasteiger partial charge is 0.481 e. The van der Waals surface area contributed by atoms with Gasteiger partial charge in [-0.15, -0.1) is 0 Å². The first-order chi connectivity index (χ1) is 8.16. The van der Waals surface area contributed by atoms with Crippen molar-refractivity contribution in [1.29, 1.82) is 0 Å². The number of aliphatic hydroxyl groups excluding tert-OH is 1. The second-order valence-corrected chi connectivity index (χ2v) is 4.94. The van der Waals surface area contributed by atoms with E-state index in [1.165, 1.54) is 0 Å². The number of hydrogen-bond acceptors (Lipinski definition) is 2. The predicted molar refractivity (Wildman–Crippen MR) is 64.6 cm³/mol. The van der Waals surface area contributed by atoms with Crippen molar-refractivity contribution in [3.05, 3.63) is 35.4 Å². The van der Waals surface area contributed by atoms with Crippen molar-refractivity contribution >= 4 is 5.97 Å². The molecule has 2 N–H and O–H groups in total. The number of rotatable bonds is 4. The maximum Gasteiger partial charge on any atom is 0.309 e. The molecule has 92 valence electrons. The standard InChI is InChI=1S/C14H18O3/c15-10-12-5-3-11(4-6-12)9-14(13(16)17)7-1-2-8-14/h3-6,15H,1-2,7-10H2,(H,16,17). The minimum Gasteiger partial charge on any atom is -0.481 e. The molecule has 3 heteroatoms. The minimum atomic E-state index is -0.666. The highest BCUT2D eigenvalue weighted by molar-refractivity contribution is 5.75. The summed E-state index contributed by atoms with van der Waals surface area (Å²) >= 11 is 0. The Bertz CT molecular complexity index is 388. The minimum absolute atomic E-state index is 0.0321. The molecule has 0 saturated heterocycles. The first kappa shape index (κ1) is 12.1. The zero-order chi connectivity index (χ0) is 12.3. The Kier molecular flexibility index (Phi) is 3.48. The van der Waals surface area contributed by atoms with Crippen LogP contribution in [0, 0.1) is 5.41 Å². The van der Waals surface area contributed by atoms with E-state index >= 15 is 0 Å². The Labute approximate surface area is 101 Å². The third kappa shape index (κ3) is 2.50. The van der Waals surface area contributed by atoms with E-state index < -0.39 is 11.4 Å². The van der Waals surface area contributed by atoms with Gasteiger partial charge in [0.2, 0.25) is 0 Å². The van der Waals surface area contributed by atoms with Crippen molar-refractivity contribution in [3.63, 3.8) is 0 Å². The quantitative estimate of drug-likeness (QED) is 0.840. The van der Waals surface area contributed by atoms with Crippen LogP contribution in [0.5, 0.6) is 0 Å². The SMILES string of the molecule is O=C(O)C1(Cc2ccc(CO)cc2)CCCC1. The third-order valence-corrected chi connectivity index (χ3v) is 3.76. The summed E-state index contributed by atoms with van der Waals surface area (Å²) < 4.78 is 0. The average Bonchev–Trinajstić information content (AvgIpc) is 2.80. The monoisotopic (exact) mass is 234 g/mol. The number of carboxylic acids is 1. The van der Waals surface area contributed by atoms with Crippen LogP contribution in [-0.2, 0) is 17.8 Å². The number of aliphatic hydroxyl groups is 1. The van der Waals surface area contributed by atoms with Gasteiger partial charge in [0.1, 0.15) is 0 Å². The normalized spacial score (nSPS) is 18.2. The summed E-state index contributed by atoms with van der Waals surface area (Å²) in [6, 6.07) is 7.57. The van der Waals surface area contributed by atoms with E-state index in [0.29, 0.717) is 6.42 Å². The molecule has 17 heavy (non-hydrogen) atoms. The smallest absolute Gasteiger partial charge is 0.309 e. The second kappa shape index (κ2) is 4.88.